The molecule has 0 saturated carbocycles. The standard InChI is InChI=1S/C12H13F3N2O/c13-9-4-8(5-10(14)12(9)15)17-11(18)3-7-1-2-16-6-7/h4-5,7,16H,1-3,6H2,(H,17,18). The summed E-state index contributed by atoms with van der Waals surface area (Å²) >= 11 is 0. The molecule has 2 N–H and O–H groups in total. The van der Waals surface area contributed by atoms with Crippen molar-refractivity contribution in [2.75, 3.05) is 18.4 Å². The summed E-state index contributed by atoms with van der Waals surface area (Å²) in [5.74, 6) is -4.25. The summed E-state index contributed by atoms with van der Waals surface area (Å²) in [6, 6.07) is 1.53. The SMILES string of the molecule is O=C(CC1CCNC1)Nc1cc(F)c(F)c(F)c1. The van der Waals surface area contributed by atoms with Gasteiger partial charge in [-0.25, -0.2) is 13.2 Å². The van der Waals surface area contributed by atoms with Gasteiger partial charge in [0.05, 0.1) is 0 Å². The number of anilines is 1. The molecule has 0 radical (unpaired) electrons. The fraction of sp³-hybridized carbons (Fsp3) is 0.417. The van der Waals surface area contributed by atoms with E-state index in [4.69, 9.17) is 0 Å². The van der Waals surface area contributed by atoms with Crippen LogP contribution in [0.2, 0.25) is 0 Å². The van der Waals surface area contributed by atoms with Crippen LogP contribution in [0.3, 0.4) is 0 Å². The second-order valence-electron chi connectivity index (χ2n) is 4.36. The molecule has 2 rings (SSSR count). The Bertz CT molecular complexity index is 436. The summed E-state index contributed by atoms with van der Waals surface area (Å²) in [5.41, 5.74) is -0.0673. The van der Waals surface area contributed by atoms with E-state index in [1.165, 1.54) is 0 Å². The van der Waals surface area contributed by atoms with Crippen LogP contribution in [-0.2, 0) is 4.79 Å². The van der Waals surface area contributed by atoms with Crippen LogP contribution in [0.5, 0.6) is 0 Å². The Labute approximate surface area is 102 Å². The first kappa shape index (κ1) is 12.9. The van der Waals surface area contributed by atoms with Crippen molar-refractivity contribution < 1.29 is 18.0 Å². The zero-order chi connectivity index (χ0) is 13.1. The fourth-order valence-electron chi connectivity index (χ4n) is 1.99. The molecule has 1 amide bonds. The van der Waals surface area contributed by atoms with Crippen molar-refractivity contribution in [3.05, 3.63) is 29.6 Å². The smallest absolute Gasteiger partial charge is 0.224 e. The molecule has 1 unspecified atom stereocenters. The molecule has 1 fully saturated rings. The second-order valence-corrected chi connectivity index (χ2v) is 4.36. The molecule has 0 bridgehead atoms. The molecule has 1 saturated heterocycles. The van der Waals surface area contributed by atoms with Crippen molar-refractivity contribution in [2.24, 2.45) is 5.92 Å². The van der Waals surface area contributed by atoms with E-state index >= 15 is 0 Å². The molecule has 1 atom stereocenters. The maximum Gasteiger partial charge on any atom is 0.224 e. The maximum absolute atomic E-state index is 12.9. The highest BCUT2D eigenvalue weighted by atomic mass is 19.2. The van der Waals surface area contributed by atoms with E-state index in [0.29, 0.717) is 0 Å². The Kier molecular flexibility index (Phi) is 3.86. The Morgan fingerprint density at radius 3 is 2.56 bits per heavy atom. The molecule has 1 aliphatic heterocycles. The van der Waals surface area contributed by atoms with Crippen molar-refractivity contribution in [3.8, 4) is 0 Å². The molecule has 18 heavy (non-hydrogen) atoms. The Morgan fingerprint density at radius 1 is 1.33 bits per heavy atom. The van der Waals surface area contributed by atoms with Gasteiger partial charge in [0.25, 0.3) is 0 Å². The molecule has 1 aliphatic rings. The summed E-state index contributed by atoms with van der Waals surface area (Å²) in [7, 11) is 0. The lowest BCUT2D eigenvalue weighted by atomic mass is 10.0. The molecule has 1 aromatic carbocycles. The van der Waals surface area contributed by atoms with Crippen molar-refractivity contribution in [1.29, 1.82) is 0 Å². The van der Waals surface area contributed by atoms with Crippen LogP contribution in [0.25, 0.3) is 0 Å². The third-order valence-electron chi connectivity index (χ3n) is 2.90. The molecule has 0 aliphatic carbocycles. The van der Waals surface area contributed by atoms with Crippen LogP contribution in [-0.4, -0.2) is 19.0 Å². The van der Waals surface area contributed by atoms with E-state index < -0.39 is 17.5 Å². The minimum absolute atomic E-state index is 0.0673. The zero-order valence-electron chi connectivity index (χ0n) is 9.60. The molecular weight excluding hydrogens is 245 g/mol. The minimum Gasteiger partial charge on any atom is -0.326 e. The van der Waals surface area contributed by atoms with Crippen molar-refractivity contribution in [3.63, 3.8) is 0 Å². The predicted octanol–water partition coefficient (Wildman–Crippen LogP) is 2.04. The highest BCUT2D eigenvalue weighted by Gasteiger charge is 2.19. The van der Waals surface area contributed by atoms with Crippen LogP contribution in [0.15, 0.2) is 12.1 Å². The lowest BCUT2D eigenvalue weighted by Crippen LogP contribution is -2.18. The fourth-order valence-corrected chi connectivity index (χ4v) is 1.99. The molecule has 3 nitrogen and oxygen atoms in total. The highest BCUT2D eigenvalue weighted by Crippen LogP contribution is 2.19. The average Bonchev–Trinajstić information content (AvgIpc) is 2.78. The first-order valence-electron chi connectivity index (χ1n) is 5.71. The topological polar surface area (TPSA) is 41.1 Å². The van der Waals surface area contributed by atoms with E-state index in [1.54, 1.807) is 0 Å². The normalized spacial score (nSPS) is 18.9. The van der Waals surface area contributed by atoms with Gasteiger partial charge >= 0.3 is 0 Å². The summed E-state index contributed by atoms with van der Waals surface area (Å²) in [5, 5.41) is 5.48. The lowest BCUT2D eigenvalue weighted by Gasteiger charge is -2.09. The second kappa shape index (κ2) is 5.39. The highest BCUT2D eigenvalue weighted by molar-refractivity contribution is 5.90. The number of nitrogens with one attached hydrogen (secondary N) is 2. The third-order valence-corrected chi connectivity index (χ3v) is 2.90. The Balaban J connectivity index is 1.98. The minimum atomic E-state index is -1.53. The molecular formula is C12H13F3N2O. The number of hydrogen-bond donors (Lipinski definition) is 2. The van der Waals surface area contributed by atoms with E-state index in [2.05, 4.69) is 10.6 Å². The van der Waals surface area contributed by atoms with Gasteiger partial charge in [-0.2, -0.15) is 0 Å². The van der Waals surface area contributed by atoms with Gasteiger partial charge in [-0.3, -0.25) is 4.79 Å². The number of rotatable bonds is 3. The quantitative estimate of drug-likeness (QED) is 0.815. The van der Waals surface area contributed by atoms with Crippen LogP contribution in [0, 0.1) is 23.4 Å². The summed E-state index contributed by atoms with van der Waals surface area (Å²) in [6.07, 6.45) is 1.19. The Hall–Kier alpha value is -1.56. The number of carbonyl (C=O) groups excluding carboxylic acids is 1. The van der Waals surface area contributed by atoms with Gasteiger partial charge in [-0.15, -0.1) is 0 Å². The lowest BCUT2D eigenvalue weighted by molar-refractivity contribution is -0.116. The van der Waals surface area contributed by atoms with Gasteiger partial charge in [-0.1, -0.05) is 0 Å². The first-order chi connectivity index (χ1) is 8.56. The number of hydrogen-bond acceptors (Lipinski definition) is 2. The van der Waals surface area contributed by atoms with E-state index in [0.717, 1.165) is 31.6 Å². The maximum atomic E-state index is 12.9. The third kappa shape index (κ3) is 3.01. The van der Waals surface area contributed by atoms with Crippen LogP contribution >= 0.6 is 0 Å². The summed E-state index contributed by atoms with van der Waals surface area (Å²) in [4.78, 5) is 11.6. The van der Waals surface area contributed by atoms with E-state index in [1.807, 2.05) is 0 Å². The van der Waals surface area contributed by atoms with E-state index in [-0.39, 0.29) is 23.9 Å². The number of amides is 1. The van der Waals surface area contributed by atoms with Gasteiger partial charge in [0.1, 0.15) is 0 Å². The first-order valence-corrected chi connectivity index (χ1v) is 5.71. The van der Waals surface area contributed by atoms with Gasteiger partial charge < -0.3 is 10.6 Å². The molecule has 98 valence electrons. The van der Waals surface area contributed by atoms with Gasteiger partial charge in [0.2, 0.25) is 5.91 Å². The molecule has 1 aromatic rings. The molecule has 1 heterocycles. The average molecular weight is 258 g/mol. The van der Waals surface area contributed by atoms with Crippen molar-refractivity contribution >= 4 is 11.6 Å². The number of halogens is 3. The monoisotopic (exact) mass is 258 g/mol. The van der Waals surface area contributed by atoms with Gasteiger partial charge in [0, 0.05) is 24.2 Å². The summed E-state index contributed by atoms with van der Waals surface area (Å²) < 4.78 is 38.5. The molecule has 0 aromatic heterocycles. The Morgan fingerprint density at radius 2 is 2.00 bits per heavy atom. The van der Waals surface area contributed by atoms with Gasteiger partial charge in [0.15, 0.2) is 17.5 Å². The largest absolute Gasteiger partial charge is 0.326 e. The van der Waals surface area contributed by atoms with Crippen molar-refractivity contribution in [2.45, 2.75) is 12.8 Å². The summed E-state index contributed by atoms with van der Waals surface area (Å²) in [6.45, 7) is 1.64. The predicted molar refractivity (Wildman–Crippen MR) is 60.5 cm³/mol. The van der Waals surface area contributed by atoms with Crippen LogP contribution in [0.1, 0.15) is 12.8 Å². The van der Waals surface area contributed by atoms with E-state index in [9.17, 15) is 18.0 Å². The zero-order valence-corrected chi connectivity index (χ0v) is 9.60. The number of benzene rings is 1. The van der Waals surface area contributed by atoms with Crippen LogP contribution < -0.4 is 10.6 Å². The molecule has 0 spiro atoms. The number of carbonyl (C=O) groups is 1. The van der Waals surface area contributed by atoms with Crippen molar-refractivity contribution in [1.82, 2.24) is 5.32 Å². The van der Waals surface area contributed by atoms with Gasteiger partial charge in [-0.05, 0) is 25.4 Å². The van der Waals surface area contributed by atoms with Crippen LogP contribution in [0.4, 0.5) is 18.9 Å². The molecule has 6 heteroatoms.